The molecule has 27 heavy (non-hydrogen) atoms. The molecule has 0 aromatic heterocycles. The molecule has 0 fully saturated rings. The van der Waals surface area contributed by atoms with Crippen molar-refractivity contribution in [2.75, 3.05) is 20.8 Å². The second-order valence-electron chi connectivity index (χ2n) is 5.29. The van der Waals surface area contributed by atoms with Crippen molar-refractivity contribution in [1.82, 2.24) is 5.32 Å². The molecule has 1 amide bonds. The summed E-state index contributed by atoms with van der Waals surface area (Å²) in [4.78, 5) is 23.7. The molecule has 0 bridgehead atoms. The summed E-state index contributed by atoms with van der Waals surface area (Å²) in [6.45, 7) is -0.454. The van der Waals surface area contributed by atoms with Gasteiger partial charge in [0.1, 0.15) is 0 Å². The Kier molecular flexibility index (Phi) is 6.95. The van der Waals surface area contributed by atoms with Crippen LogP contribution in [0.25, 0.3) is 0 Å². The first-order valence-electron chi connectivity index (χ1n) is 7.65. The zero-order valence-electron chi connectivity index (χ0n) is 14.5. The minimum Gasteiger partial charge on any atom is -0.493 e. The number of methoxy groups -OCH3 is 2. The Morgan fingerprint density at radius 3 is 2.37 bits per heavy atom. The highest BCUT2D eigenvalue weighted by molar-refractivity contribution is 6.33. The van der Waals surface area contributed by atoms with Gasteiger partial charge in [0.05, 0.1) is 24.8 Å². The van der Waals surface area contributed by atoms with E-state index in [1.165, 1.54) is 14.2 Å². The molecule has 2 rings (SSSR count). The van der Waals surface area contributed by atoms with Crippen LogP contribution in [0, 0.1) is 11.6 Å². The van der Waals surface area contributed by atoms with E-state index >= 15 is 0 Å². The topological polar surface area (TPSA) is 73.9 Å². The highest BCUT2D eigenvalue weighted by Gasteiger charge is 2.17. The van der Waals surface area contributed by atoms with Gasteiger partial charge in [0.25, 0.3) is 5.91 Å². The normalized spacial score (nSPS) is 10.3. The third kappa shape index (κ3) is 5.30. The van der Waals surface area contributed by atoms with Crippen molar-refractivity contribution >= 4 is 23.5 Å². The molecule has 6 nitrogen and oxygen atoms in total. The van der Waals surface area contributed by atoms with Gasteiger partial charge in [0.15, 0.2) is 29.7 Å². The summed E-state index contributed by atoms with van der Waals surface area (Å²) in [5, 5.41) is 2.23. The van der Waals surface area contributed by atoms with Crippen LogP contribution in [0.1, 0.15) is 15.9 Å². The summed E-state index contributed by atoms with van der Waals surface area (Å²) in [6, 6.07) is 6.37. The van der Waals surface area contributed by atoms with Gasteiger partial charge in [-0.05, 0) is 29.8 Å². The molecule has 0 aliphatic carbocycles. The Morgan fingerprint density at radius 2 is 1.70 bits per heavy atom. The average Bonchev–Trinajstić information content (AvgIpc) is 2.66. The monoisotopic (exact) mass is 399 g/mol. The molecule has 0 aliphatic rings. The maximum absolute atomic E-state index is 13.2. The molecule has 0 spiro atoms. The van der Waals surface area contributed by atoms with Gasteiger partial charge in [0.2, 0.25) is 0 Å². The number of esters is 1. The Labute approximate surface area is 159 Å². The van der Waals surface area contributed by atoms with Crippen LogP contribution in [0.5, 0.6) is 11.5 Å². The van der Waals surface area contributed by atoms with E-state index in [9.17, 15) is 18.4 Å². The van der Waals surface area contributed by atoms with Gasteiger partial charge >= 0.3 is 5.97 Å². The van der Waals surface area contributed by atoms with Crippen molar-refractivity contribution in [2.45, 2.75) is 6.54 Å². The van der Waals surface area contributed by atoms with E-state index in [1.807, 2.05) is 0 Å². The summed E-state index contributed by atoms with van der Waals surface area (Å²) in [5.74, 6) is -3.01. The molecule has 2 aromatic carbocycles. The van der Waals surface area contributed by atoms with Crippen molar-refractivity contribution in [3.05, 3.63) is 58.1 Å². The largest absolute Gasteiger partial charge is 0.493 e. The Bertz CT molecular complexity index is 860. The predicted octanol–water partition coefficient (Wildman–Crippen LogP) is 3.11. The van der Waals surface area contributed by atoms with Crippen LogP contribution >= 0.6 is 11.6 Å². The zero-order valence-corrected chi connectivity index (χ0v) is 15.2. The van der Waals surface area contributed by atoms with Crippen LogP contribution < -0.4 is 14.8 Å². The van der Waals surface area contributed by atoms with E-state index in [2.05, 4.69) is 5.32 Å². The van der Waals surface area contributed by atoms with Crippen molar-refractivity contribution < 1.29 is 32.6 Å². The summed E-state index contributed by atoms with van der Waals surface area (Å²) in [7, 11) is 3.00. The average molecular weight is 400 g/mol. The number of rotatable bonds is 7. The predicted molar refractivity (Wildman–Crippen MR) is 93.0 cm³/mol. The van der Waals surface area contributed by atoms with E-state index in [4.69, 9.17) is 25.8 Å². The number of benzene rings is 2. The lowest BCUT2D eigenvalue weighted by atomic mass is 10.2. The second-order valence-corrected chi connectivity index (χ2v) is 5.70. The van der Waals surface area contributed by atoms with Crippen LogP contribution in [-0.2, 0) is 16.1 Å². The lowest BCUT2D eigenvalue weighted by molar-refractivity contribution is -0.124. The van der Waals surface area contributed by atoms with Crippen LogP contribution in [-0.4, -0.2) is 32.7 Å². The van der Waals surface area contributed by atoms with Gasteiger partial charge in [0, 0.05) is 6.54 Å². The molecule has 0 saturated carbocycles. The molecular formula is C18H16ClF2NO5. The van der Waals surface area contributed by atoms with Gasteiger partial charge in [-0.15, -0.1) is 0 Å². The number of carbonyl (C=O) groups excluding carboxylic acids is 2. The van der Waals surface area contributed by atoms with E-state index < -0.39 is 30.1 Å². The number of carbonyl (C=O) groups is 2. The van der Waals surface area contributed by atoms with E-state index in [0.29, 0.717) is 23.6 Å². The van der Waals surface area contributed by atoms with Crippen LogP contribution in [0.15, 0.2) is 30.3 Å². The Hall–Kier alpha value is -2.87. The lowest BCUT2D eigenvalue weighted by Crippen LogP contribution is -2.28. The van der Waals surface area contributed by atoms with Crippen LogP contribution in [0.4, 0.5) is 8.78 Å². The molecule has 0 saturated heterocycles. The van der Waals surface area contributed by atoms with Gasteiger partial charge in [-0.25, -0.2) is 13.6 Å². The summed E-state index contributed by atoms with van der Waals surface area (Å²) in [6.07, 6.45) is 0. The number of halogens is 3. The van der Waals surface area contributed by atoms with Crippen LogP contribution in [0.2, 0.25) is 5.02 Å². The summed E-state index contributed by atoms with van der Waals surface area (Å²) in [5.41, 5.74) is 0.360. The summed E-state index contributed by atoms with van der Waals surface area (Å²) >= 11 is 5.68. The lowest BCUT2D eigenvalue weighted by Gasteiger charge is -2.11. The minimum atomic E-state index is -1.25. The maximum Gasteiger partial charge on any atom is 0.340 e. The van der Waals surface area contributed by atoms with E-state index in [1.54, 1.807) is 18.2 Å². The van der Waals surface area contributed by atoms with Gasteiger partial charge in [-0.2, -0.15) is 0 Å². The maximum atomic E-state index is 13.2. The first-order chi connectivity index (χ1) is 12.8. The fourth-order valence-electron chi connectivity index (χ4n) is 2.13. The molecule has 0 unspecified atom stereocenters. The standard InChI is InChI=1S/C18H16ClF2NO5/c1-25-15-4-3-10(5-16(15)26-2)8-22-17(23)9-27-18(24)11-6-13(20)14(21)7-12(11)19/h3-7H,8-9H2,1-2H3,(H,22,23). The fraction of sp³-hybridized carbons (Fsp3) is 0.222. The number of ether oxygens (including phenoxy) is 3. The SMILES string of the molecule is COc1ccc(CNC(=O)COC(=O)c2cc(F)c(F)cc2Cl)cc1OC. The number of amides is 1. The molecule has 0 radical (unpaired) electrons. The molecular weight excluding hydrogens is 384 g/mol. The molecule has 0 atom stereocenters. The van der Waals surface area contributed by atoms with Crippen molar-refractivity contribution in [3.63, 3.8) is 0 Å². The van der Waals surface area contributed by atoms with Gasteiger partial charge in [-0.1, -0.05) is 17.7 Å². The minimum absolute atomic E-state index is 0.155. The summed E-state index contributed by atoms with van der Waals surface area (Å²) < 4.78 is 41.3. The Morgan fingerprint density at radius 1 is 1.04 bits per heavy atom. The van der Waals surface area contributed by atoms with Gasteiger partial charge < -0.3 is 19.5 Å². The smallest absolute Gasteiger partial charge is 0.340 e. The number of nitrogens with one attached hydrogen (secondary N) is 1. The second kappa shape index (κ2) is 9.18. The quantitative estimate of drug-likeness (QED) is 0.572. The third-order valence-electron chi connectivity index (χ3n) is 3.50. The third-order valence-corrected chi connectivity index (χ3v) is 3.81. The van der Waals surface area contributed by atoms with Gasteiger partial charge in [-0.3, -0.25) is 4.79 Å². The molecule has 2 aromatic rings. The molecule has 9 heteroatoms. The van der Waals surface area contributed by atoms with Crippen molar-refractivity contribution in [2.24, 2.45) is 0 Å². The number of hydrogen-bond donors (Lipinski definition) is 1. The van der Waals surface area contributed by atoms with Crippen LogP contribution in [0.3, 0.4) is 0 Å². The van der Waals surface area contributed by atoms with E-state index in [-0.39, 0.29) is 17.1 Å². The Balaban J connectivity index is 1.89. The van der Waals surface area contributed by atoms with Crippen molar-refractivity contribution in [1.29, 1.82) is 0 Å². The first-order valence-corrected chi connectivity index (χ1v) is 8.02. The first kappa shape index (κ1) is 20.4. The molecule has 0 heterocycles. The fourth-order valence-corrected chi connectivity index (χ4v) is 2.36. The zero-order chi connectivity index (χ0) is 20.0. The highest BCUT2D eigenvalue weighted by atomic mass is 35.5. The van der Waals surface area contributed by atoms with E-state index in [0.717, 1.165) is 5.56 Å². The molecule has 144 valence electrons. The molecule has 1 N–H and O–H groups in total. The molecule has 0 aliphatic heterocycles. The highest BCUT2D eigenvalue weighted by Crippen LogP contribution is 2.27. The number of hydrogen-bond acceptors (Lipinski definition) is 5. The van der Waals surface area contributed by atoms with Crippen molar-refractivity contribution in [3.8, 4) is 11.5 Å².